The van der Waals surface area contributed by atoms with Gasteiger partial charge in [-0.05, 0) is 30.9 Å². The van der Waals surface area contributed by atoms with Crippen molar-refractivity contribution < 1.29 is 5.11 Å². The van der Waals surface area contributed by atoms with Crippen LogP contribution in [0.2, 0.25) is 0 Å². The Morgan fingerprint density at radius 2 is 2.15 bits per heavy atom. The molecule has 1 nitrogen and oxygen atoms in total. The lowest BCUT2D eigenvalue weighted by Gasteiger charge is -2.34. The van der Waals surface area contributed by atoms with Gasteiger partial charge in [-0.25, -0.2) is 0 Å². The SMILES string of the molecule is CC1(Br)CCc2ccccc2C1O. The average Bonchev–Trinajstić information content (AvgIpc) is 2.13. The Morgan fingerprint density at radius 1 is 1.46 bits per heavy atom. The average molecular weight is 241 g/mol. The highest BCUT2D eigenvalue weighted by molar-refractivity contribution is 9.10. The van der Waals surface area contributed by atoms with E-state index in [4.69, 9.17) is 0 Å². The molecule has 1 aliphatic rings. The Bertz CT molecular complexity index is 320. The van der Waals surface area contributed by atoms with Crippen molar-refractivity contribution in [3.05, 3.63) is 35.4 Å². The number of fused-ring (bicyclic) bond motifs is 1. The van der Waals surface area contributed by atoms with Gasteiger partial charge in [0.25, 0.3) is 0 Å². The van der Waals surface area contributed by atoms with Crippen molar-refractivity contribution in [1.82, 2.24) is 0 Å². The molecular formula is C11H13BrO. The van der Waals surface area contributed by atoms with Crippen LogP contribution < -0.4 is 0 Å². The van der Waals surface area contributed by atoms with Crippen LogP contribution in [0, 0.1) is 0 Å². The summed E-state index contributed by atoms with van der Waals surface area (Å²) in [6.45, 7) is 2.05. The van der Waals surface area contributed by atoms with Crippen LogP contribution >= 0.6 is 15.9 Å². The van der Waals surface area contributed by atoms with Gasteiger partial charge in [0.1, 0.15) is 0 Å². The van der Waals surface area contributed by atoms with Gasteiger partial charge in [-0.3, -0.25) is 0 Å². The van der Waals surface area contributed by atoms with Gasteiger partial charge < -0.3 is 5.11 Å². The third-order valence-electron chi connectivity index (χ3n) is 2.80. The first kappa shape index (κ1) is 9.22. The number of benzene rings is 1. The minimum atomic E-state index is -0.377. The molecule has 2 heteroatoms. The normalized spacial score (nSPS) is 32.7. The zero-order valence-electron chi connectivity index (χ0n) is 7.63. The van der Waals surface area contributed by atoms with E-state index in [1.165, 1.54) is 5.56 Å². The van der Waals surface area contributed by atoms with Crippen LogP contribution in [0.25, 0.3) is 0 Å². The number of aliphatic hydroxyl groups is 1. The number of rotatable bonds is 0. The van der Waals surface area contributed by atoms with Crippen molar-refractivity contribution in [1.29, 1.82) is 0 Å². The molecule has 0 radical (unpaired) electrons. The first-order chi connectivity index (χ1) is 6.11. The molecule has 0 bridgehead atoms. The van der Waals surface area contributed by atoms with Gasteiger partial charge in [0, 0.05) is 0 Å². The van der Waals surface area contributed by atoms with Crippen LogP contribution in [0.4, 0.5) is 0 Å². The second kappa shape index (κ2) is 3.10. The first-order valence-corrected chi connectivity index (χ1v) is 5.35. The van der Waals surface area contributed by atoms with Crippen molar-refractivity contribution in [2.75, 3.05) is 0 Å². The summed E-state index contributed by atoms with van der Waals surface area (Å²) in [5, 5.41) is 10.0. The second-order valence-corrected chi connectivity index (χ2v) is 5.69. The number of halogens is 1. The Balaban J connectivity index is 2.45. The highest BCUT2D eigenvalue weighted by atomic mass is 79.9. The third-order valence-corrected chi connectivity index (χ3v) is 3.63. The van der Waals surface area contributed by atoms with Crippen molar-refractivity contribution in [3.63, 3.8) is 0 Å². The van der Waals surface area contributed by atoms with E-state index in [0.29, 0.717) is 0 Å². The van der Waals surface area contributed by atoms with Crippen molar-refractivity contribution in [2.45, 2.75) is 30.2 Å². The predicted molar refractivity (Wildman–Crippen MR) is 57.1 cm³/mol. The van der Waals surface area contributed by atoms with E-state index in [1.54, 1.807) is 0 Å². The van der Waals surface area contributed by atoms with Crippen LogP contribution in [0.1, 0.15) is 30.6 Å². The molecule has 1 N–H and O–H groups in total. The summed E-state index contributed by atoms with van der Waals surface area (Å²) in [4.78, 5) is 0. The summed E-state index contributed by atoms with van der Waals surface area (Å²) in [6, 6.07) is 8.12. The van der Waals surface area contributed by atoms with E-state index in [0.717, 1.165) is 18.4 Å². The lowest BCUT2D eigenvalue weighted by Crippen LogP contribution is -2.31. The molecule has 0 saturated carbocycles. The van der Waals surface area contributed by atoms with E-state index in [1.807, 2.05) is 25.1 Å². The van der Waals surface area contributed by atoms with E-state index >= 15 is 0 Å². The lowest BCUT2D eigenvalue weighted by molar-refractivity contribution is 0.126. The summed E-state index contributed by atoms with van der Waals surface area (Å²) < 4.78 is -0.151. The Hall–Kier alpha value is -0.340. The highest BCUT2D eigenvalue weighted by Gasteiger charge is 2.35. The van der Waals surface area contributed by atoms with Crippen molar-refractivity contribution >= 4 is 15.9 Å². The maximum absolute atomic E-state index is 10.0. The smallest absolute Gasteiger partial charge is 0.0943 e. The topological polar surface area (TPSA) is 20.2 Å². The standard InChI is InChI=1S/C11H13BrO/c1-11(12)7-6-8-4-2-3-5-9(8)10(11)13/h2-5,10,13H,6-7H2,1H3. The highest BCUT2D eigenvalue weighted by Crippen LogP contribution is 2.42. The molecule has 0 heterocycles. The van der Waals surface area contributed by atoms with E-state index in [9.17, 15) is 5.11 Å². The molecule has 0 fully saturated rings. The molecule has 13 heavy (non-hydrogen) atoms. The van der Waals surface area contributed by atoms with Gasteiger partial charge in [0.2, 0.25) is 0 Å². The summed E-state index contributed by atoms with van der Waals surface area (Å²) in [6.07, 6.45) is 1.66. The zero-order valence-corrected chi connectivity index (χ0v) is 9.21. The first-order valence-electron chi connectivity index (χ1n) is 4.56. The Labute approximate surface area is 86.9 Å². The van der Waals surface area contributed by atoms with Crippen LogP contribution in [-0.2, 0) is 6.42 Å². The number of aryl methyl sites for hydroxylation is 1. The van der Waals surface area contributed by atoms with E-state index in [-0.39, 0.29) is 10.4 Å². The Morgan fingerprint density at radius 3 is 2.92 bits per heavy atom. The fourth-order valence-corrected chi connectivity index (χ4v) is 2.31. The van der Waals surface area contributed by atoms with Crippen LogP contribution in [-0.4, -0.2) is 9.43 Å². The molecule has 1 aromatic carbocycles. The molecule has 70 valence electrons. The van der Waals surface area contributed by atoms with Crippen LogP contribution in [0.5, 0.6) is 0 Å². The van der Waals surface area contributed by atoms with Crippen molar-refractivity contribution in [3.8, 4) is 0 Å². The number of hydrogen-bond acceptors (Lipinski definition) is 1. The molecular weight excluding hydrogens is 228 g/mol. The monoisotopic (exact) mass is 240 g/mol. The fourth-order valence-electron chi connectivity index (χ4n) is 1.87. The molecule has 0 aliphatic heterocycles. The molecule has 2 rings (SSSR count). The number of hydrogen-bond donors (Lipinski definition) is 1. The van der Waals surface area contributed by atoms with Gasteiger partial charge in [-0.2, -0.15) is 0 Å². The molecule has 0 amide bonds. The minimum Gasteiger partial charge on any atom is -0.387 e. The second-order valence-electron chi connectivity index (χ2n) is 3.88. The third kappa shape index (κ3) is 1.53. The number of alkyl halides is 1. The predicted octanol–water partition coefficient (Wildman–Crippen LogP) is 2.82. The maximum Gasteiger partial charge on any atom is 0.0943 e. The lowest BCUT2D eigenvalue weighted by atomic mass is 9.82. The van der Waals surface area contributed by atoms with Gasteiger partial charge in [-0.15, -0.1) is 0 Å². The summed E-state index contributed by atoms with van der Waals surface area (Å²) in [5.74, 6) is 0. The molecule has 0 saturated heterocycles. The van der Waals surface area contributed by atoms with Crippen LogP contribution in [0.3, 0.4) is 0 Å². The van der Waals surface area contributed by atoms with E-state index < -0.39 is 0 Å². The fraction of sp³-hybridized carbons (Fsp3) is 0.455. The van der Waals surface area contributed by atoms with Gasteiger partial charge in [-0.1, -0.05) is 40.2 Å². The number of aliphatic hydroxyl groups excluding tert-OH is 1. The van der Waals surface area contributed by atoms with Gasteiger partial charge >= 0.3 is 0 Å². The van der Waals surface area contributed by atoms with Gasteiger partial charge in [0.05, 0.1) is 10.4 Å². The summed E-state index contributed by atoms with van der Waals surface area (Å²) in [7, 11) is 0. The zero-order chi connectivity index (χ0) is 9.47. The Kier molecular flexibility index (Phi) is 2.20. The van der Waals surface area contributed by atoms with E-state index in [2.05, 4.69) is 22.0 Å². The van der Waals surface area contributed by atoms with Gasteiger partial charge in [0.15, 0.2) is 0 Å². The summed E-state index contributed by atoms with van der Waals surface area (Å²) in [5.41, 5.74) is 2.36. The molecule has 2 unspecified atom stereocenters. The van der Waals surface area contributed by atoms with Crippen molar-refractivity contribution in [2.24, 2.45) is 0 Å². The van der Waals surface area contributed by atoms with Crippen LogP contribution in [0.15, 0.2) is 24.3 Å². The minimum absolute atomic E-state index is 0.151. The maximum atomic E-state index is 10.0. The molecule has 0 spiro atoms. The molecule has 1 aromatic rings. The molecule has 2 atom stereocenters. The summed E-state index contributed by atoms with van der Waals surface area (Å²) >= 11 is 3.58. The molecule has 0 aromatic heterocycles. The largest absolute Gasteiger partial charge is 0.387 e. The molecule has 1 aliphatic carbocycles. The quantitative estimate of drug-likeness (QED) is 0.692.